The standard InChI is InChI=1S/C12H16N4O2S.ClH/c1-9-7-16(8-10(2)15-9)19(17,18)12-4-3-5-14-11(12)6-13;/h3-5,9-10,15H,7-8H2,1-2H3;1H. The molecule has 0 saturated carbocycles. The summed E-state index contributed by atoms with van der Waals surface area (Å²) in [6.07, 6.45) is 1.42. The summed E-state index contributed by atoms with van der Waals surface area (Å²) in [5, 5.41) is 12.3. The fourth-order valence-electron chi connectivity index (χ4n) is 2.29. The van der Waals surface area contributed by atoms with Crippen LogP contribution in [0.1, 0.15) is 19.5 Å². The average molecular weight is 317 g/mol. The first-order chi connectivity index (χ1) is 8.95. The van der Waals surface area contributed by atoms with E-state index in [2.05, 4.69) is 10.3 Å². The molecule has 1 saturated heterocycles. The minimum absolute atomic E-state index is 0. The molecule has 1 N–H and O–H groups in total. The van der Waals surface area contributed by atoms with Gasteiger partial charge >= 0.3 is 0 Å². The molecule has 0 aromatic carbocycles. The quantitative estimate of drug-likeness (QED) is 0.870. The molecule has 0 amide bonds. The molecule has 20 heavy (non-hydrogen) atoms. The molecule has 1 aromatic heterocycles. The molecule has 2 rings (SSSR count). The van der Waals surface area contributed by atoms with Gasteiger partial charge in [-0.2, -0.15) is 9.57 Å². The second-order valence-corrected chi connectivity index (χ2v) is 6.66. The van der Waals surface area contributed by atoms with E-state index >= 15 is 0 Å². The smallest absolute Gasteiger partial charge is 0.246 e. The molecule has 1 aliphatic rings. The van der Waals surface area contributed by atoms with Crippen LogP contribution in [0.5, 0.6) is 0 Å². The summed E-state index contributed by atoms with van der Waals surface area (Å²) < 4.78 is 26.5. The number of halogens is 1. The Bertz CT molecular complexity index is 604. The Kier molecular flexibility index (Phi) is 5.48. The largest absolute Gasteiger partial charge is 0.309 e. The number of nitrogens with zero attached hydrogens (tertiary/aromatic N) is 3. The van der Waals surface area contributed by atoms with Gasteiger partial charge in [-0.05, 0) is 26.0 Å². The SMILES string of the molecule is CC1CN(S(=O)(=O)c2cccnc2C#N)CC(C)N1.Cl. The summed E-state index contributed by atoms with van der Waals surface area (Å²) in [5.41, 5.74) is -0.0543. The highest BCUT2D eigenvalue weighted by Gasteiger charge is 2.33. The van der Waals surface area contributed by atoms with Gasteiger partial charge in [0.2, 0.25) is 10.0 Å². The van der Waals surface area contributed by atoms with Crippen LogP contribution in [-0.4, -0.2) is 42.9 Å². The van der Waals surface area contributed by atoms with Crippen LogP contribution in [-0.2, 0) is 10.0 Å². The van der Waals surface area contributed by atoms with Crippen LogP contribution >= 0.6 is 12.4 Å². The Morgan fingerprint density at radius 2 is 2.00 bits per heavy atom. The van der Waals surface area contributed by atoms with Crippen LogP contribution in [0.4, 0.5) is 0 Å². The monoisotopic (exact) mass is 316 g/mol. The Morgan fingerprint density at radius 1 is 1.40 bits per heavy atom. The molecule has 1 fully saturated rings. The average Bonchev–Trinajstić information content (AvgIpc) is 2.37. The van der Waals surface area contributed by atoms with Crippen molar-refractivity contribution >= 4 is 22.4 Å². The third kappa shape index (κ3) is 3.27. The predicted octanol–water partition coefficient (Wildman–Crippen LogP) is 0.746. The van der Waals surface area contributed by atoms with E-state index in [1.807, 2.05) is 19.9 Å². The highest BCUT2D eigenvalue weighted by atomic mass is 35.5. The molecule has 6 nitrogen and oxygen atoms in total. The maximum Gasteiger partial charge on any atom is 0.246 e. The van der Waals surface area contributed by atoms with Gasteiger partial charge in [0.25, 0.3) is 0 Å². The summed E-state index contributed by atoms with van der Waals surface area (Å²) >= 11 is 0. The number of sulfonamides is 1. The zero-order valence-electron chi connectivity index (χ0n) is 11.3. The summed E-state index contributed by atoms with van der Waals surface area (Å²) in [6.45, 7) is 4.66. The Balaban J connectivity index is 0.00000200. The maximum atomic E-state index is 12.6. The highest BCUT2D eigenvalue weighted by Crippen LogP contribution is 2.20. The van der Waals surface area contributed by atoms with Crippen LogP contribution < -0.4 is 5.32 Å². The van der Waals surface area contributed by atoms with Gasteiger partial charge in [-0.3, -0.25) is 0 Å². The van der Waals surface area contributed by atoms with E-state index < -0.39 is 10.0 Å². The van der Waals surface area contributed by atoms with Gasteiger partial charge in [0.1, 0.15) is 11.0 Å². The molecule has 0 spiro atoms. The number of aromatic nitrogens is 1. The van der Waals surface area contributed by atoms with Gasteiger partial charge < -0.3 is 5.32 Å². The highest BCUT2D eigenvalue weighted by molar-refractivity contribution is 7.89. The zero-order valence-corrected chi connectivity index (χ0v) is 12.9. The van der Waals surface area contributed by atoms with E-state index in [1.165, 1.54) is 22.6 Å². The predicted molar refractivity (Wildman–Crippen MR) is 77.0 cm³/mol. The molecule has 110 valence electrons. The lowest BCUT2D eigenvalue weighted by atomic mass is 10.2. The van der Waals surface area contributed by atoms with Gasteiger partial charge in [-0.15, -0.1) is 12.4 Å². The first kappa shape index (κ1) is 16.9. The fourth-order valence-corrected chi connectivity index (χ4v) is 4.01. The van der Waals surface area contributed by atoms with Gasteiger partial charge in [0.05, 0.1) is 0 Å². The lowest BCUT2D eigenvalue weighted by Crippen LogP contribution is -2.55. The molecule has 8 heteroatoms. The van der Waals surface area contributed by atoms with Crippen LogP contribution in [0.2, 0.25) is 0 Å². The van der Waals surface area contributed by atoms with Gasteiger partial charge in [-0.1, -0.05) is 0 Å². The molecule has 2 heterocycles. The first-order valence-electron chi connectivity index (χ1n) is 6.06. The molecule has 0 aliphatic carbocycles. The van der Waals surface area contributed by atoms with Crippen LogP contribution in [0.15, 0.2) is 23.2 Å². The topological polar surface area (TPSA) is 86.1 Å². The molecular weight excluding hydrogens is 300 g/mol. The number of pyridine rings is 1. The summed E-state index contributed by atoms with van der Waals surface area (Å²) in [5.74, 6) is 0. The van der Waals surface area contributed by atoms with E-state index in [0.717, 1.165) is 0 Å². The lowest BCUT2D eigenvalue weighted by molar-refractivity contribution is 0.263. The van der Waals surface area contributed by atoms with Gasteiger partial charge in [0.15, 0.2) is 5.69 Å². The Labute approximate surface area is 125 Å². The number of nitriles is 1. The van der Waals surface area contributed by atoms with E-state index in [0.29, 0.717) is 13.1 Å². The van der Waals surface area contributed by atoms with Crippen LogP contribution in [0.25, 0.3) is 0 Å². The second kappa shape index (κ2) is 6.50. The van der Waals surface area contributed by atoms with Crippen molar-refractivity contribution in [2.24, 2.45) is 0 Å². The van der Waals surface area contributed by atoms with Crippen molar-refractivity contribution < 1.29 is 8.42 Å². The van der Waals surface area contributed by atoms with Crippen LogP contribution in [0, 0.1) is 11.3 Å². The third-order valence-electron chi connectivity index (χ3n) is 3.02. The Morgan fingerprint density at radius 3 is 2.55 bits per heavy atom. The summed E-state index contributed by atoms with van der Waals surface area (Å²) in [6, 6.07) is 4.96. The van der Waals surface area contributed by atoms with Crippen LogP contribution in [0.3, 0.4) is 0 Å². The van der Waals surface area contributed by atoms with Crippen molar-refractivity contribution in [2.75, 3.05) is 13.1 Å². The fraction of sp³-hybridized carbons (Fsp3) is 0.500. The number of rotatable bonds is 2. The van der Waals surface area contributed by atoms with E-state index in [-0.39, 0.29) is 35.1 Å². The minimum Gasteiger partial charge on any atom is -0.309 e. The number of piperazine rings is 1. The summed E-state index contributed by atoms with van der Waals surface area (Å²) in [4.78, 5) is 3.80. The van der Waals surface area contributed by atoms with Gasteiger partial charge in [-0.25, -0.2) is 13.4 Å². The zero-order chi connectivity index (χ0) is 14.0. The number of hydrogen-bond acceptors (Lipinski definition) is 5. The van der Waals surface area contributed by atoms with Gasteiger partial charge in [0, 0.05) is 31.4 Å². The molecule has 2 atom stereocenters. The Hall–Kier alpha value is -1.20. The minimum atomic E-state index is -3.66. The molecule has 1 aromatic rings. The first-order valence-corrected chi connectivity index (χ1v) is 7.50. The van der Waals surface area contributed by atoms with Crippen molar-refractivity contribution in [3.63, 3.8) is 0 Å². The molecule has 0 radical (unpaired) electrons. The lowest BCUT2D eigenvalue weighted by Gasteiger charge is -2.35. The normalized spacial score (nSPS) is 23.6. The van der Waals surface area contributed by atoms with Crippen molar-refractivity contribution in [3.8, 4) is 6.07 Å². The van der Waals surface area contributed by atoms with Crippen molar-refractivity contribution in [2.45, 2.75) is 30.8 Å². The third-order valence-corrected chi connectivity index (χ3v) is 4.88. The van der Waals surface area contributed by atoms with E-state index in [1.54, 1.807) is 0 Å². The van der Waals surface area contributed by atoms with E-state index in [9.17, 15) is 8.42 Å². The molecular formula is C12H17ClN4O2S. The number of nitrogens with one attached hydrogen (secondary N) is 1. The van der Waals surface area contributed by atoms with E-state index in [4.69, 9.17) is 5.26 Å². The second-order valence-electron chi connectivity index (χ2n) is 4.75. The van der Waals surface area contributed by atoms with Crippen molar-refractivity contribution in [1.29, 1.82) is 5.26 Å². The van der Waals surface area contributed by atoms with Crippen molar-refractivity contribution in [1.82, 2.24) is 14.6 Å². The molecule has 0 bridgehead atoms. The molecule has 2 unspecified atom stereocenters. The maximum absolute atomic E-state index is 12.6. The summed E-state index contributed by atoms with van der Waals surface area (Å²) in [7, 11) is -3.66. The van der Waals surface area contributed by atoms with Crippen molar-refractivity contribution in [3.05, 3.63) is 24.0 Å². The molecule has 1 aliphatic heterocycles. The number of hydrogen-bond donors (Lipinski definition) is 1.